The van der Waals surface area contributed by atoms with Gasteiger partial charge in [0.1, 0.15) is 23.2 Å². The van der Waals surface area contributed by atoms with E-state index in [0.717, 1.165) is 17.4 Å². The normalized spacial score (nSPS) is 20.4. The van der Waals surface area contributed by atoms with Crippen LogP contribution < -0.4 is 10.5 Å². The Morgan fingerprint density at radius 3 is 2.22 bits per heavy atom. The Hall–Kier alpha value is -3.36. The molecule has 0 unspecified atom stereocenters. The number of carbonyl (C=O) groups excluding carboxylic acids is 1. The zero-order valence-electron chi connectivity index (χ0n) is 20.3. The lowest BCUT2D eigenvalue weighted by Crippen LogP contribution is -2.48. The van der Waals surface area contributed by atoms with Crippen molar-refractivity contribution >= 4 is 22.1 Å². The molecule has 0 amide bonds. The molecule has 8 heteroatoms. The molecule has 6 nitrogen and oxygen atoms in total. The molecule has 0 aliphatic carbocycles. The van der Waals surface area contributed by atoms with Gasteiger partial charge in [0, 0.05) is 17.5 Å². The first-order valence-electron chi connectivity index (χ1n) is 11.8. The van der Waals surface area contributed by atoms with Crippen LogP contribution in [-0.4, -0.2) is 27.1 Å². The van der Waals surface area contributed by atoms with Gasteiger partial charge in [-0.2, -0.15) is 0 Å². The summed E-state index contributed by atoms with van der Waals surface area (Å²) in [6.45, 7) is 4.09. The van der Waals surface area contributed by atoms with Crippen molar-refractivity contribution in [1.82, 2.24) is 4.72 Å². The highest BCUT2D eigenvalue weighted by Crippen LogP contribution is 2.45. The predicted molar refractivity (Wildman–Crippen MR) is 141 cm³/mol. The molecular weight excluding hydrogens is 477 g/mol. The SMILES string of the molecule is CC1(C)CC(=N[C@@H](CCN)c2ccccc2F)NS(=O)(=O)[C@@H]1c1ccc(-c2ccc(C=O)cc2)cc1. The average molecular weight is 508 g/mol. The van der Waals surface area contributed by atoms with Crippen molar-refractivity contribution in [3.05, 3.63) is 95.3 Å². The molecule has 4 rings (SSSR count). The van der Waals surface area contributed by atoms with Gasteiger partial charge in [-0.3, -0.25) is 14.5 Å². The average Bonchev–Trinajstić information content (AvgIpc) is 2.83. The number of nitrogens with two attached hydrogens (primary N) is 1. The minimum Gasteiger partial charge on any atom is -0.330 e. The smallest absolute Gasteiger partial charge is 0.241 e. The van der Waals surface area contributed by atoms with Crippen LogP contribution in [0.4, 0.5) is 4.39 Å². The molecule has 3 aromatic rings. The summed E-state index contributed by atoms with van der Waals surface area (Å²) in [6.07, 6.45) is 1.56. The highest BCUT2D eigenvalue weighted by molar-refractivity contribution is 7.90. The third-order valence-electron chi connectivity index (χ3n) is 6.51. The van der Waals surface area contributed by atoms with Crippen molar-refractivity contribution in [3.8, 4) is 11.1 Å². The van der Waals surface area contributed by atoms with E-state index >= 15 is 0 Å². The molecule has 0 aromatic heterocycles. The summed E-state index contributed by atoms with van der Waals surface area (Å²) >= 11 is 0. The molecule has 1 saturated heterocycles. The van der Waals surface area contributed by atoms with Gasteiger partial charge in [0.05, 0.1) is 6.04 Å². The number of nitrogens with one attached hydrogen (secondary N) is 1. The first kappa shape index (κ1) is 25.7. The number of aldehydes is 1. The highest BCUT2D eigenvalue weighted by atomic mass is 32.2. The van der Waals surface area contributed by atoms with Crippen LogP contribution in [0.25, 0.3) is 11.1 Å². The summed E-state index contributed by atoms with van der Waals surface area (Å²) in [6, 6.07) is 20.4. The predicted octanol–water partition coefficient (Wildman–Crippen LogP) is 5.18. The van der Waals surface area contributed by atoms with Gasteiger partial charge in [0.15, 0.2) is 0 Å². The van der Waals surface area contributed by atoms with E-state index in [0.29, 0.717) is 41.9 Å². The lowest BCUT2D eigenvalue weighted by Gasteiger charge is -2.39. The Balaban J connectivity index is 1.62. The number of rotatable bonds is 7. The zero-order valence-corrected chi connectivity index (χ0v) is 21.1. The summed E-state index contributed by atoms with van der Waals surface area (Å²) in [7, 11) is -3.82. The number of benzene rings is 3. The van der Waals surface area contributed by atoms with Crippen molar-refractivity contribution in [2.24, 2.45) is 16.1 Å². The fourth-order valence-corrected chi connectivity index (χ4v) is 6.90. The van der Waals surface area contributed by atoms with Crippen molar-refractivity contribution in [3.63, 3.8) is 0 Å². The second kappa shape index (κ2) is 10.3. The van der Waals surface area contributed by atoms with Gasteiger partial charge >= 0.3 is 0 Å². The van der Waals surface area contributed by atoms with Crippen molar-refractivity contribution in [2.75, 3.05) is 6.54 Å². The van der Waals surface area contributed by atoms with E-state index in [1.54, 1.807) is 30.3 Å². The zero-order chi connectivity index (χ0) is 25.9. The third-order valence-corrected chi connectivity index (χ3v) is 8.56. The second-order valence-electron chi connectivity index (χ2n) is 9.74. The topological polar surface area (TPSA) is 102 Å². The molecule has 3 N–H and O–H groups in total. The number of halogens is 1. The standard InChI is InChI=1S/C28H30FN3O3S/c1-28(2)17-26(31-25(15-16-30)23-5-3-4-6-24(23)29)32-36(34,35)27(28)22-13-11-21(12-14-22)20-9-7-19(18-33)8-10-20/h3-14,18,25,27H,15-17,30H2,1-2H3,(H,31,32)/t25-,27+/m0/s1. The summed E-state index contributed by atoms with van der Waals surface area (Å²) in [5.74, 6) is -0.0816. The molecule has 1 aliphatic heterocycles. The largest absolute Gasteiger partial charge is 0.330 e. The molecule has 188 valence electrons. The van der Waals surface area contributed by atoms with Crippen molar-refractivity contribution in [1.29, 1.82) is 0 Å². The number of carbonyl (C=O) groups is 1. The number of aliphatic imine (C=N–C) groups is 1. The molecule has 1 heterocycles. The van der Waals surface area contributed by atoms with E-state index in [4.69, 9.17) is 5.73 Å². The van der Waals surface area contributed by atoms with E-state index in [2.05, 4.69) is 9.71 Å². The molecule has 0 spiro atoms. The fraction of sp³-hybridized carbons (Fsp3) is 0.286. The van der Waals surface area contributed by atoms with Crippen LogP contribution in [0, 0.1) is 11.2 Å². The van der Waals surface area contributed by atoms with Gasteiger partial charge < -0.3 is 5.73 Å². The Bertz CT molecular complexity index is 1370. The van der Waals surface area contributed by atoms with E-state index < -0.39 is 32.5 Å². The van der Waals surface area contributed by atoms with Crippen LogP contribution in [0.2, 0.25) is 0 Å². The summed E-state index contributed by atoms with van der Waals surface area (Å²) < 4.78 is 44.0. The minimum absolute atomic E-state index is 0.290. The molecular formula is C28H30FN3O3S. The Morgan fingerprint density at radius 2 is 1.67 bits per heavy atom. The van der Waals surface area contributed by atoms with Gasteiger partial charge in [-0.1, -0.05) is 80.6 Å². The molecule has 0 radical (unpaired) electrons. The maximum atomic E-state index is 14.4. The van der Waals surface area contributed by atoms with Crippen molar-refractivity contribution in [2.45, 2.75) is 38.0 Å². The summed E-state index contributed by atoms with van der Waals surface area (Å²) in [5.41, 5.74) is 8.60. The van der Waals surface area contributed by atoms with Crippen LogP contribution in [0.3, 0.4) is 0 Å². The maximum absolute atomic E-state index is 14.4. The van der Waals surface area contributed by atoms with Crippen LogP contribution >= 0.6 is 0 Å². The van der Waals surface area contributed by atoms with Gasteiger partial charge in [-0.25, -0.2) is 12.8 Å². The lowest BCUT2D eigenvalue weighted by molar-refractivity contribution is 0.112. The molecule has 1 aliphatic rings. The number of nitrogens with zero attached hydrogens (tertiary/aromatic N) is 1. The van der Waals surface area contributed by atoms with Gasteiger partial charge in [-0.05, 0) is 41.1 Å². The second-order valence-corrected chi connectivity index (χ2v) is 11.5. The molecule has 0 bridgehead atoms. The summed E-state index contributed by atoms with van der Waals surface area (Å²) in [5, 5.41) is -0.795. The van der Waals surface area contributed by atoms with Gasteiger partial charge in [0.25, 0.3) is 0 Å². The molecule has 36 heavy (non-hydrogen) atoms. The number of amidine groups is 1. The molecule has 3 aromatic carbocycles. The quantitative estimate of drug-likeness (QED) is 0.430. The Morgan fingerprint density at radius 1 is 1.06 bits per heavy atom. The minimum atomic E-state index is -3.82. The van der Waals surface area contributed by atoms with E-state index in [-0.39, 0.29) is 0 Å². The Labute approximate surface area is 211 Å². The number of hydrogen-bond acceptors (Lipinski definition) is 5. The lowest BCUT2D eigenvalue weighted by atomic mass is 9.81. The molecule has 2 atom stereocenters. The van der Waals surface area contributed by atoms with Crippen molar-refractivity contribution < 1.29 is 17.6 Å². The van der Waals surface area contributed by atoms with E-state index in [9.17, 15) is 17.6 Å². The molecule has 0 saturated carbocycles. The van der Waals surface area contributed by atoms with E-state index in [1.807, 2.05) is 50.2 Å². The number of sulfonamides is 1. The van der Waals surface area contributed by atoms with Gasteiger partial charge in [0.2, 0.25) is 10.0 Å². The van der Waals surface area contributed by atoms with Crippen LogP contribution in [0.1, 0.15) is 59.5 Å². The van der Waals surface area contributed by atoms with Crippen LogP contribution in [-0.2, 0) is 10.0 Å². The maximum Gasteiger partial charge on any atom is 0.241 e. The van der Waals surface area contributed by atoms with E-state index in [1.165, 1.54) is 6.07 Å². The van der Waals surface area contributed by atoms with Crippen LogP contribution in [0.15, 0.2) is 77.8 Å². The van der Waals surface area contributed by atoms with Gasteiger partial charge in [-0.15, -0.1) is 0 Å². The summed E-state index contributed by atoms with van der Waals surface area (Å²) in [4.78, 5) is 15.5. The van der Waals surface area contributed by atoms with Crippen LogP contribution in [0.5, 0.6) is 0 Å². The monoisotopic (exact) mass is 507 g/mol. The molecule has 1 fully saturated rings. The number of hydrogen-bond donors (Lipinski definition) is 2. The Kier molecular flexibility index (Phi) is 7.38. The first-order chi connectivity index (χ1) is 17.1. The fourth-order valence-electron chi connectivity index (χ4n) is 4.89. The highest BCUT2D eigenvalue weighted by Gasteiger charge is 2.46. The third kappa shape index (κ3) is 5.39. The first-order valence-corrected chi connectivity index (χ1v) is 13.4.